The van der Waals surface area contributed by atoms with Crippen molar-refractivity contribution in [3.05, 3.63) is 96.1 Å². The van der Waals surface area contributed by atoms with Crippen molar-refractivity contribution in [3.8, 4) is 0 Å². The molecule has 0 fully saturated rings. The van der Waals surface area contributed by atoms with Gasteiger partial charge in [-0.1, -0.05) is 70.4 Å². The van der Waals surface area contributed by atoms with Gasteiger partial charge in [-0.2, -0.15) is 0 Å². The Labute approximate surface area is 254 Å². The van der Waals surface area contributed by atoms with Gasteiger partial charge in [-0.3, -0.25) is 9.98 Å². The molecule has 38 heavy (non-hydrogen) atoms. The average Bonchev–Trinajstić information content (AvgIpc) is 3.51. The summed E-state index contributed by atoms with van der Waals surface area (Å²) in [5.41, 5.74) is 1.65. The molecule has 8 heteroatoms. The van der Waals surface area contributed by atoms with E-state index < -0.39 is 0 Å². The molecule has 0 amide bonds. The molecule has 0 radical (unpaired) electrons. The number of fused-ring (bicyclic) bond motifs is 2. The molecule has 0 aliphatic carbocycles. The Morgan fingerprint density at radius 2 is 0.974 bits per heavy atom. The molecular formula is C30H28Cl2N2O2Pd2. The average molecular weight is 732 g/mol. The van der Waals surface area contributed by atoms with E-state index in [0.29, 0.717) is 25.0 Å². The molecule has 2 aliphatic rings. The van der Waals surface area contributed by atoms with Crippen LogP contribution in [0, 0.1) is 12.1 Å². The molecule has 2 heterocycles. The van der Waals surface area contributed by atoms with E-state index in [4.69, 9.17) is 9.47 Å². The zero-order chi connectivity index (χ0) is 27.8. The second-order valence-corrected chi connectivity index (χ2v) is 9.99. The van der Waals surface area contributed by atoms with Crippen molar-refractivity contribution in [2.24, 2.45) is 9.98 Å². The van der Waals surface area contributed by atoms with E-state index in [1.807, 2.05) is 36.4 Å². The van der Waals surface area contributed by atoms with Gasteiger partial charge in [0.2, 0.25) is 0 Å². The Hall–Kier alpha value is -1.76. The van der Waals surface area contributed by atoms with Crippen LogP contribution in [0.25, 0.3) is 21.5 Å². The minimum atomic E-state index is -0.116. The van der Waals surface area contributed by atoms with Gasteiger partial charge in [0.25, 0.3) is 0 Å². The summed E-state index contributed by atoms with van der Waals surface area (Å²) in [4.78, 5) is 9.12. The first-order valence-electron chi connectivity index (χ1n) is 11.8. The summed E-state index contributed by atoms with van der Waals surface area (Å²) in [6.45, 7) is 9.57. The Morgan fingerprint density at radius 1 is 0.632 bits per heavy atom. The molecule has 0 atom stereocenters. The monoisotopic (exact) mass is 730 g/mol. The van der Waals surface area contributed by atoms with Gasteiger partial charge in [-0.05, 0) is 27.7 Å². The van der Waals surface area contributed by atoms with Gasteiger partial charge in [0.15, 0.2) is 0 Å². The first kappa shape index (κ1) is 30.8. The van der Waals surface area contributed by atoms with Gasteiger partial charge in [-0.25, -0.2) is 0 Å². The molecule has 0 aromatic heterocycles. The molecule has 0 bridgehead atoms. The number of aliphatic imine (C=N–C) groups is 2. The standard InChI is InChI=1S/2C15H14NO.2ClH.2Pd/c2*1-15(2)10-17-14(16-15)13-8-7-11-5-3-4-6-12(11)9-13;;;;/h2*3-7,9H,10H2,1-2H3;2*1H;;/q2*-1;;;2*+2/p-2. The fraction of sp³-hybridized carbons (Fsp3) is 0.267. The van der Waals surface area contributed by atoms with Crippen LogP contribution in [0.1, 0.15) is 38.8 Å². The number of ether oxygens (including phenoxy) is 2. The molecule has 0 unspecified atom stereocenters. The summed E-state index contributed by atoms with van der Waals surface area (Å²) in [7, 11) is 8.98. The number of halogens is 2. The number of hydrogen-bond donors (Lipinski definition) is 0. The zero-order valence-electron chi connectivity index (χ0n) is 21.4. The quantitative estimate of drug-likeness (QED) is 0.156. The number of hydrogen-bond acceptors (Lipinski definition) is 4. The predicted molar refractivity (Wildman–Crippen MR) is 150 cm³/mol. The number of benzene rings is 4. The SMILES string of the molecule is CC1(C)COC(c2[c-]cc3ccccc3c2)=N1.CC1(C)COC(c2[c-]cc3ccccc3c2)=N1.[Cl][Pd+].[Cl][Pd+]. The second kappa shape index (κ2) is 14.0. The van der Waals surface area contributed by atoms with Gasteiger partial charge in [0.1, 0.15) is 25.0 Å². The van der Waals surface area contributed by atoms with Gasteiger partial charge >= 0.3 is 55.4 Å². The van der Waals surface area contributed by atoms with Crippen molar-refractivity contribution in [1.82, 2.24) is 0 Å². The van der Waals surface area contributed by atoms with E-state index in [-0.39, 0.29) is 11.1 Å². The van der Waals surface area contributed by atoms with Crippen molar-refractivity contribution in [3.63, 3.8) is 0 Å². The van der Waals surface area contributed by atoms with Crippen LogP contribution in [0.3, 0.4) is 0 Å². The summed E-state index contributed by atoms with van der Waals surface area (Å²) < 4.78 is 11.2. The summed E-state index contributed by atoms with van der Waals surface area (Å²) in [5.74, 6) is 1.42. The van der Waals surface area contributed by atoms with Crippen molar-refractivity contribution < 1.29 is 45.8 Å². The van der Waals surface area contributed by atoms with Gasteiger partial charge in [0, 0.05) is 0 Å². The van der Waals surface area contributed by atoms with Crippen LogP contribution >= 0.6 is 19.1 Å². The number of rotatable bonds is 2. The van der Waals surface area contributed by atoms with Crippen molar-refractivity contribution >= 4 is 52.4 Å². The predicted octanol–water partition coefficient (Wildman–Crippen LogP) is 7.76. The summed E-state index contributed by atoms with van der Waals surface area (Å²) in [6.07, 6.45) is 0. The maximum absolute atomic E-state index is 5.62. The molecule has 6 rings (SSSR count). The molecule has 0 N–H and O–H groups in total. The summed E-state index contributed by atoms with van der Waals surface area (Å²) in [6, 6.07) is 31.1. The molecular weight excluding hydrogens is 704 g/mol. The molecule has 2 aliphatic heterocycles. The minimum absolute atomic E-state index is 0.116. The normalized spacial score (nSPS) is 16.4. The van der Waals surface area contributed by atoms with Crippen molar-refractivity contribution in [1.29, 1.82) is 0 Å². The van der Waals surface area contributed by atoms with E-state index in [1.165, 1.54) is 21.5 Å². The van der Waals surface area contributed by atoms with Crippen molar-refractivity contribution in [2.75, 3.05) is 13.2 Å². The molecule has 4 aromatic carbocycles. The van der Waals surface area contributed by atoms with Crippen LogP contribution in [-0.2, 0) is 45.8 Å². The first-order valence-corrected chi connectivity index (χ1v) is 15.8. The first-order chi connectivity index (χ1) is 18.3. The van der Waals surface area contributed by atoms with E-state index in [2.05, 4.69) is 142 Å². The van der Waals surface area contributed by atoms with Crippen molar-refractivity contribution in [2.45, 2.75) is 38.8 Å². The molecule has 0 saturated heterocycles. The van der Waals surface area contributed by atoms with E-state index >= 15 is 0 Å². The Kier molecular flexibility index (Phi) is 11.4. The van der Waals surface area contributed by atoms with Gasteiger partial charge in [-0.15, -0.1) is 47.2 Å². The number of nitrogens with zero attached hydrogens (tertiary/aromatic N) is 2. The van der Waals surface area contributed by atoms with Crippen LogP contribution in [-0.4, -0.2) is 36.1 Å². The second-order valence-electron chi connectivity index (χ2n) is 9.99. The Morgan fingerprint density at radius 3 is 1.29 bits per heavy atom. The summed E-state index contributed by atoms with van der Waals surface area (Å²) >= 11 is 4.44. The molecule has 4 nitrogen and oxygen atoms in total. The fourth-order valence-electron chi connectivity index (χ4n) is 3.94. The van der Waals surface area contributed by atoms with Crippen LogP contribution < -0.4 is 0 Å². The molecule has 204 valence electrons. The zero-order valence-corrected chi connectivity index (χ0v) is 26.1. The van der Waals surface area contributed by atoms with Crippen LogP contribution in [0.2, 0.25) is 0 Å². The van der Waals surface area contributed by atoms with Crippen LogP contribution in [0.5, 0.6) is 0 Å². The van der Waals surface area contributed by atoms with Gasteiger partial charge < -0.3 is 9.47 Å². The van der Waals surface area contributed by atoms with E-state index in [0.717, 1.165) is 11.1 Å². The fourth-order valence-corrected chi connectivity index (χ4v) is 3.94. The third-order valence-corrected chi connectivity index (χ3v) is 5.75. The van der Waals surface area contributed by atoms with Crippen LogP contribution in [0.15, 0.2) is 82.8 Å². The Balaban J connectivity index is 0.000000187. The van der Waals surface area contributed by atoms with Gasteiger partial charge in [0.05, 0.1) is 11.1 Å². The Bertz CT molecular complexity index is 1330. The molecule has 4 aromatic rings. The topological polar surface area (TPSA) is 43.2 Å². The third kappa shape index (κ3) is 8.13. The molecule has 0 spiro atoms. The van der Waals surface area contributed by atoms with E-state index in [1.54, 1.807) is 0 Å². The molecule has 0 saturated carbocycles. The van der Waals surface area contributed by atoms with E-state index in [9.17, 15) is 0 Å². The maximum atomic E-state index is 5.62. The third-order valence-electron chi connectivity index (χ3n) is 5.75. The van der Waals surface area contributed by atoms with Crippen LogP contribution in [0.4, 0.5) is 0 Å². The summed E-state index contributed by atoms with van der Waals surface area (Å²) in [5, 5.41) is 4.76.